The minimum absolute atomic E-state index is 0.0518. The van der Waals surface area contributed by atoms with Gasteiger partial charge >= 0.3 is 5.97 Å². The first-order chi connectivity index (χ1) is 15.2. The molecule has 1 aliphatic carbocycles. The van der Waals surface area contributed by atoms with Gasteiger partial charge in [0.2, 0.25) is 6.10 Å². The second kappa shape index (κ2) is 9.82. The molecular formula is C25H27FN2O4. The summed E-state index contributed by atoms with van der Waals surface area (Å²) in [5, 5.41) is 13.6. The average molecular weight is 438 g/mol. The van der Waals surface area contributed by atoms with Crippen LogP contribution in [0.25, 0.3) is 0 Å². The van der Waals surface area contributed by atoms with Crippen molar-refractivity contribution >= 4 is 12.2 Å². The largest absolute Gasteiger partial charge is 0.454 e. The van der Waals surface area contributed by atoms with E-state index in [2.05, 4.69) is 5.16 Å². The van der Waals surface area contributed by atoms with E-state index in [4.69, 9.17) is 14.3 Å². The molecule has 1 saturated carbocycles. The van der Waals surface area contributed by atoms with E-state index in [1.54, 1.807) is 30.5 Å². The van der Waals surface area contributed by atoms with Gasteiger partial charge in [-0.3, -0.25) is 4.79 Å². The molecule has 0 heterocycles. The number of carbonyl (C=O) groups excluding carboxylic acids is 1. The molecule has 0 aliphatic heterocycles. The number of rotatable bonds is 9. The Hall–Kier alpha value is -3.40. The van der Waals surface area contributed by atoms with Gasteiger partial charge in [-0.05, 0) is 35.6 Å². The summed E-state index contributed by atoms with van der Waals surface area (Å²) in [6, 6.07) is 14.7. The highest BCUT2D eigenvalue weighted by Gasteiger charge is 2.62. The molecule has 7 heteroatoms. The highest BCUT2D eigenvalue weighted by molar-refractivity contribution is 5.85. The number of esters is 1. The molecule has 3 atom stereocenters. The van der Waals surface area contributed by atoms with Crippen LogP contribution in [0.5, 0.6) is 11.5 Å². The van der Waals surface area contributed by atoms with Gasteiger partial charge < -0.3 is 14.3 Å². The fourth-order valence-electron chi connectivity index (χ4n) is 3.44. The maximum absolute atomic E-state index is 14.2. The topological polar surface area (TPSA) is 80.9 Å². The first-order valence-corrected chi connectivity index (χ1v) is 10.5. The number of hydrogen-bond donors (Lipinski definition) is 0. The van der Waals surface area contributed by atoms with Crippen LogP contribution in [-0.4, -0.2) is 18.8 Å². The van der Waals surface area contributed by atoms with Crippen LogP contribution in [0.3, 0.4) is 0 Å². The Bertz CT molecular complexity index is 1010. The van der Waals surface area contributed by atoms with Crippen LogP contribution in [0.4, 0.5) is 4.39 Å². The Morgan fingerprint density at radius 3 is 2.62 bits per heavy atom. The molecule has 1 aliphatic rings. The molecule has 0 N–H and O–H groups in total. The van der Waals surface area contributed by atoms with Crippen LogP contribution < -0.4 is 4.74 Å². The Morgan fingerprint density at radius 1 is 1.25 bits per heavy atom. The quantitative estimate of drug-likeness (QED) is 0.287. The van der Waals surface area contributed by atoms with Crippen molar-refractivity contribution < 1.29 is 23.5 Å². The molecule has 0 amide bonds. The summed E-state index contributed by atoms with van der Waals surface area (Å²) in [6.45, 7) is 8.40. The van der Waals surface area contributed by atoms with Crippen LogP contribution in [0.15, 0.2) is 53.7 Å². The molecule has 3 unspecified atom stereocenters. The third kappa shape index (κ3) is 5.44. The molecule has 6 nitrogen and oxygen atoms in total. The van der Waals surface area contributed by atoms with Gasteiger partial charge in [0.1, 0.15) is 18.4 Å². The molecule has 168 valence electrons. The zero-order valence-corrected chi connectivity index (χ0v) is 18.6. The molecule has 0 aromatic heterocycles. The zero-order valence-electron chi connectivity index (χ0n) is 18.6. The Balaban J connectivity index is 1.68. The average Bonchev–Trinajstić information content (AvgIpc) is 3.32. The van der Waals surface area contributed by atoms with Crippen LogP contribution in [0, 0.1) is 40.3 Å². The third-order valence-corrected chi connectivity index (χ3v) is 5.45. The van der Waals surface area contributed by atoms with Crippen LogP contribution in [-0.2, 0) is 14.4 Å². The van der Waals surface area contributed by atoms with Crippen LogP contribution in [0.2, 0.25) is 0 Å². The number of para-hydroxylation sites is 1. The summed E-state index contributed by atoms with van der Waals surface area (Å²) < 4.78 is 25.3. The second-order valence-corrected chi connectivity index (χ2v) is 8.82. The van der Waals surface area contributed by atoms with Gasteiger partial charge in [-0.1, -0.05) is 57.1 Å². The van der Waals surface area contributed by atoms with Crippen molar-refractivity contribution in [1.82, 2.24) is 0 Å². The van der Waals surface area contributed by atoms with Crippen molar-refractivity contribution in [3.8, 4) is 17.6 Å². The smallest absolute Gasteiger partial charge is 0.311 e. The first kappa shape index (κ1) is 23.3. The van der Waals surface area contributed by atoms with Gasteiger partial charge in [0.05, 0.1) is 5.92 Å². The molecule has 0 bridgehead atoms. The van der Waals surface area contributed by atoms with Gasteiger partial charge in [0.15, 0.2) is 11.6 Å². The molecule has 0 saturated heterocycles. The Labute approximate surface area is 187 Å². The monoisotopic (exact) mass is 438 g/mol. The minimum atomic E-state index is -1.19. The molecular weight excluding hydrogens is 411 g/mol. The normalized spacial score (nSPS) is 19.9. The van der Waals surface area contributed by atoms with E-state index in [1.807, 2.05) is 39.8 Å². The SMILES string of the molecule is CC(C)CO/N=C/C1C(C(=O)OC(C#N)c2ccc(F)c(Oc3ccccc3)c2)C1(C)C. The molecule has 2 aromatic rings. The van der Waals surface area contributed by atoms with Crippen molar-refractivity contribution in [3.05, 3.63) is 59.9 Å². The molecule has 3 rings (SSSR count). The maximum Gasteiger partial charge on any atom is 0.311 e. The maximum atomic E-state index is 14.2. The van der Waals surface area contributed by atoms with E-state index in [0.29, 0.717) is 23.8 Å². The fourth-order valence-corrected chi connectivity index (χ4v) is 3.44. The van der Waals surface area contributed by atoms with E-state index in [0.717, 1.165) is 0 Å². The summed E-state index contributed by atoms with van der Waals surface area (Å²) in [5.74, 6) is -0.919. The summed E-state index contributed by atoms with van der Waals surface area (Å²) in [5.41, 5.74) is -0.0243. The third-order valence-electron chi connectivity index (χ3n) is 5.45. The van der Waals surface area contributed by atoms with Gasteiger partial charge in [-0.15, -0.1) is 0 Å². The highest BCUT2D eigenvalue weighted by Crippen LogP contribution is 2.58. The lowest BCUT2D eigenvalue weighted by molar-refractivity contribution is -0.149. The van der Waals surface area contributed by atoms with E-state index in [9.17, 15) is 14.4 Å². The predicted octanol–water partition coefficient (Wildman–Crippen LogP) is 5.66. The highest BCUT2D eigenvalue weighted by atomic mass is 19.1. The predicted molar refractivity (Wildman–Crippen MR) is 117 cm³/mol. The Kier molecular flexibility index (Phi) is 7.14. The lowest BCUT2D eigenvalue weighted by Gasteiger charge is -2.14. The number of halogens is 1. The molecule has 0 radical (unpaired) electrons. The van der Waals surface area contributed by atoms with Crippen LogP contribution in [0.1, 0.15) is 39.4 Å². The van der Waals surface area contributed by atoms with Crippen molar-refractivity contribution in [1.29, 1.82) is 5.26 Å². The van der Waals surface area contributed by atoms with E-state index >= 15 is 0 Å². The number of hydrogen-bond acceptors (Lipinski definition) is 6. The molecule has 2 aromatic carbocycles. The number of nitrogens with zero attached hydrogens (tertiary/aromatic N) is 2. The molecule has 32 heavy (non-hydrogen) atoms. The van der Waals surface area contributed by atoms with Crippen molar-refractivity contribution in [2.24, 2.45) is 28.3 Å². The zero-order chi connectivity index (χ0) is 23.3. The van der Waals surface area contributed by atoms with Gasteiger partial charge in [-0.2, -0.15) is 5.26 Å². The number of nitriles is 1. The molecule has 0 spiro atoms. The van der Waals surface area contributed by atoms with Crippen molar-refractivity contribution in [3.63, 3.8) is 0 Å². The van der Waals surface area contributed by atoms with E-state index < -0.39 is 23.8 Å². The van der Waals surface area contributed by atoms with E-state index in [-0.39, 0.29) is 17.1 Å². The lowest BCUT2D eigenvalue weighted by atomic mass is 10.1. The number of ether oxygens (including phenoxy) is 2. The number of carbonyl (C=O) groups is 1. The molecule has 1 fully saturated rings. The second-order valence-electron chi connectivity index (χ2n) is 8.82. The fraction of sp³-hybridized carbons (Fsp3) is 0.400. The standard InChI is InChI=1S/C25H27FN2O4/c1-16(2)15-30-28-14-19-23(25(19,3)4)24(29)32-22(13-27)17-10-11-20(26)21(12-17)31-18-8-6-5-7-9-18/h5-12,14,16,19,22-23H,15H2,1-4H3/b28-14+. The summed E-state index contributed by atoms with van der Waals surface area (Å²) in [6.07, 6.45) is 0.437. The Morgan fingerprint density at radius 2 is 1.97 bits per heavy atom. The summed E-state index contributed by atoms with van der Waals surface area (Å²) >= 11 is 0. The summed E-state index contributed by atoms with van der Waals surface area (Å²) in [4.78, 5) is 18.0. The van der Waals surface area contributed by atoms with Gasteiger partial charge in [0, 0.05) is 17.7 Å². The first-order valence-electron chi connectivity index (χ1n) is 10.5. The van der Waals surface area contributed by atoms with Gasteiger partial charge in [-0.25, -0.2) is 4.39 Å². The minimum Gasteiger partial charge on any atom is -0.454 e. The lowest BCUT2D eigenvalue weighted by Crippen LogP contribution is -2.15. The van der Waals surface area contributed by atoms with Gasteiger partial charge in [0.25, 0.3) is 0 Å². The van der Waals surface area contributed by atoms with Crippen LogP contribution >= 0.6 is 0 Å². The van der Waals surface area contributed by atoms with Crippen molar-refractivity contribution in [2.45, 2.75) is 33.8 Å². The summed E-state index contributed by atoms with van der Waals surface area (Å²) in [7, 11) is 0. The number of benzene rings is 2. The number of oxime groups is 1. The van der Waals surface area contributed by atoms with Crippen molar-refractivity contribution in [2.75, 3.05) is 6.61 Å². The van der Waals surface area contributed by atoms with E-state index in [1.165, 1.54) is 18.2 Å².